The van der Waals surface area contributed by atoms with E-state index in [4.69, 9.17) is 11.6 Å². The zero-order valence-corrected chi connectivity index (χ0v) is 15.6. The van der Waals surface area contributed by atoms with E-state index in [2.05, 4.69) is 36.3 Å². The molecule has 2 rings (SSSR count). The van der Waals surface area contributed by atoms with Crippen LogP contribution in [0.15, 0.2) is 29.6 Å². The van der Waals surface area contributed by atoms with Crippen LogP contribution in [0.4, 0.5) is 0 Å². The lowest BCUT2D eigenvalue weighted by atomic mass is 9.81. The van der Waals surface area contributed by atoms with Crippen LogP contribution < -0.4 is 5.32 Å². The molecule has 0 saturated heterocycles. The number of likely N-dealkylation sites (N-methyl/N-ethyl adjacent to an activating group) is 1. The number of rotatable bonds is 6. The number of nitrogens with one attached hydrogen (secondary N) is 1. The van der Waals surface area contributed by atoms with E-state index in [0.717, 1.165) is 22.7 Å². The van der Waals surface area contributed by atoms with Gasteiger partial charge >= 0.3 is 0 Å². The molecule has 0 aliphatic rings. The van der Waals surface area contributed by atoms with Gasteiger partial charge in [0.25, 0.3) is 0 Å². The molecule has 1 aromatic heterocycles. The van der Waals surface area contributed by atoms with Gasteiger partial charge in [0.1, 0.15) is 10.4 Å². The highest BCUT2D eigenvalue weighted by atomic mass is 35.5. The van der Waals surface area contributed by atoms with Crippen molar-refractivity contribution >= 4 is 28.8 Å². The summed E-state index contributed by atoms with van der Waals surface area (Å²) < 4.78 is 0. The van der Waals surface area contributed by atoms with Crippen LogP contribution in [0.3, 0.4) is 0 Å². The summed E-state index contributed by atoms with van der Waals surface area (Å²) >= 11 is 7.34. The number of carbonyl (C=O) groups is 1. The lowest BCUT2D eigenvalue weighted by molar-refractivity contribution is -0.124. The van der Waals surface area contributed by atoms with Crippen molar-refractivity contribution < 1.29 is 4.79 Å². The van der Waals surface area contributed by atoms with Crippen molar-refractivity contribution in [3.8, 4) is 0 Å². The van der Waals surface area contributed by atoms with Crippen LogP contribution in [0.25, 0.3) is 0 Å². The minimum absolute atomic E-state index is 0.0652. The van der Waals surface area contributed by atoms with Gasteiger partial charge < -0.3 is 5.32 Å². The van der Waals surface area contributed by atoms with Crippen molar-refractivity contribution in [2.24, 2.45) is 5.92 Å². The van der Waals surface area contributed by atoms with Crippen molar-refractivity contribution in [2.45, 2.75) is 38.5 Å². The molecule has 1 heterocycles. The van der Waals surface area contributed by atoms with Crippen LogP contribution in [-0.4, -0.2) is 17.9 Å². The SMILES string of the molecule is CNC(=O)C(C)(c1ccc(CC(C)C)cc1)c1nc(CCl)cs1. The Morgan fingerprint density at radius 1 is 1.35 bits per heavy atom. The maximum absolute atomic E-state index is 12.6. The molecule has 0 fully saturated rings. The van der Waals surface area contributed by atoms with Gasteiger partial charge in [-0.05, 0) is 30.4 Å². The quantitative estimate of drug-likeness (QED) is 0.796. The second kappa shape index (κ2) is 7.45. The highest BCUT2D eigenvalue weighted by molar-refractivity contribution is 7.10. The molecule has 1 aromatic carbocycles. The van der Waals surface area contributed by atoms with E-state index < -0.39 is 5.41 Å². The lowest BCUT2D eigenvalue weighted by Gasteiger charge is -2.26. The van der Waals surface area contributed by atoms with Crippen LogP contribution in [-0.2, 0) is 22.5 Å². The van der Waals surface area contributed by atoms with E-state index >= 15 is 0 Å². The summed E-state index contributed by atoms with van der Waals surface area (Å²) in [6, 6.07) is 8.28. The highest BCUT2D eigenvalue weighted by Crippen LogP contribution is 2.35. The standard InChI is InChI=1S/C18H23ClN2OS/c1-12(2)9-13-5-7-14(8-6-13)18(3,16(22)20-4)17-21-15(10-19)11-23-17/h5-8,11-12H,9-10H2,1-4H3,(H,20,22). The fraction of sp³-hybridized carbons (Fsp3) is 0.444. The Morgan fingerprint density at radius 3 is 2.48 bits per heavy atom. The van der Waals surface area contributed by atoms with Gasteiger partial charge in [-0.25, -0.2) is 4.98 Å². The molecule has 23 heavy (non-hydrogen) atoms. The number of aromatic nitrogens is 1. The van der Waals surface area contributed by atoms with Crippen molar-refractivity contribution in [1.29, 1.82) is 0 Å². The summed E-state index contributed by atoms with van der Waals surface area (Å²) in [7, 11) is 1.66. The summed E-state index contributed by atoms with van der Waals surface area (Å²) in [6.07, 6.45) is 1.03. The molecule has 0 bridgehead atoms. The van der Waals surface area contributed by atoms with E-state index in [9.17, 15) is 4.79 Å². The monoisotopic (exact) mass is 350 g/mol. The van der Waals surface area contributed by atoms with Crippen molar-refractivity contribution in [1.82, 2.24) is 10.3 Å². The van der Waals surface area contributed by atoms with Gasteiger partial charge in [-0.1, -0.05) is 38.1 Å². The zero-order valence-electron chi connectivity index (χ0n) is 14.0. The molecule has 2 aromatic rings. The second-order valence-electron chi connectivity index (χ2n) is 6.28. The molecule has 0 aliphatic heterocycles. The number of halogens is 1. The van der Waals surface area contributed by atoms with Crippen molar-refractivity contribution in [3.63, 3.8) is 0 Å². The molecular formula is C18H23ClN2OS. The number of alkyl halides is 1. The number of carbonyl (C=O) groups excluding carboxylic acids is 1. The third-order valence-electron chi connectivity index (χ3n) is 3.97. The maximum Gasteiger partial charge on any atom is 0.237 e. The molecule has 0 radical (unpaired) electrons. The van der Waals surface area contributed by atoms with Gasteiger partial charge in [-0.15, -0.1) is 22.9 Å². The van der Waals surface area contributed by atoms with Gasteiger partial charge in [0.15, 0.2) is 0 Å². The van der Waals surface area contributed by atoms with E-state index in [1.54, 1.807) is 7.05 Å². The molecule has 1 unspecified atom stereocenters. The average molecular weight is 351 g/mol. The predicted octanol–water partition coefficient (Wildman–Crippen LogP) is 4.13. The average Bonchev–Trinajstić information content (AvgIpc) is 3.03. The third kappa shape index (κ3) is 3.75. The molecule has 1 amide bonds. The highest BCUT2D eigenvalue weighted by Gasteiger charge is 2.39. The first kappa shape index (κ1) is 18.0. The predicted molar refractivity (Wildman–Crippen MR) is 97.2 cm³/mol. The summed E-state index contributed by atoms with van der Waals surface area (Å²) in [4.78, 5) is 17.2. The largest absolute Gasteiger partial charge is 0.358 e. The Morgan fingerprint density at radius 2 is 2.00 bits per heavy atom. The number of nitrogens with zero attached hydrogens (tertiary/aromatic N) is 1. The van der Waals surface area contributed by atoms with Gasteiger partial charge in [0, 0.05) is 12.4 Å². The molecular weight excluding hydrogens is 328 g/mol. The lowest BCUT2D eigenvalue weighted by Crippen LogP contribution is -2.41. The van der Waals surface area contributed by atoms with E-state index in [1.807, 2.05) is 24.4 Å². The number of hydrogen-bond donors (Lipinski definition) is 1. The number of benzene rings is 1. The van der Waals surface area contributed by atoms with E-state index in [0.29, 0.717) is 11.8 Å². The molecule has 0 saturated carbocycles. The summed E-state index contributed by atoms with van der Waals surface area (Å²) in [5.41, 5.74) is 2.22. The Hall–Kier alpha value is -1.39. The number of amides is 1. The smallest absolute Gasteiger partial charge is 0.237 e. The minimum Gasteiger partial charge on any atom is -0.358 e. The molecule has 1 atom stereocenters. The molecule has 0 spiro atoms. The summed E-state index contributed by atoms with van der Waals surface area (Å²) in [6.45, 7) is 6.32. The molecule has 124 valence electrons. The fourth-order valence-corrected chi connectivity index (χ4v) is 3.87. The van der Waals surface area contributed by atoms with Crippen LogP contribution in [0.2, 0.25) is 0 Å². The minimum atomic E-state index is -0.805. The van der Waals surface area contributed by atoms with Crippen LogP contribution in [0, 0.1) is 5.92 Å². The zero-order chi connectivity index (χ0) is 17.0. The first-order valence-corrected chi connectivity index (χ1v) is 9.15. The summed E-state index contributed by atoms with van der Waals surface area (Å²) in [5, 5.41) is 5.45. The first-order chi connectivity index (χ1) is 10.9. The van der Waals surface area contributed by atoms with Crippen LogP contribution in [0.5, 0.6) is 0 Å². The molecule has 5 heteroatoms. The normalized spacial score (nSPS) is 13.8. The van der Waals surface area contributed by atoms with Gasteiger partial charge in [0.05, 0.1) is 11.6 Å². The van der Waals surface area contributed by atoms with E-state index in [1.165, 1.54) is 16.9 Å². The molecule has 1 N–H and O–H groups in total. The van der Waals surface area contributed by atoms with Gasteiger partial charge in [-0.2, -0.15) is 0 Å². The Balaban J connectivity index is 2.44. The Bertz CT molecular complexity index is 666. The van der Waals surface area contributed by atoms with Crippen molar-refractivity contribution in [3.05, 3.63) is 51.5 Å². The Labute approximate surface area is 147 Å². The molecule has 0 aliphatic carbocycles. The number of thiazole rings is 1. The van der Waals surface area contributed by atoms with Gasteiger partial charge in [0.2, 0.25) is 5.91 Å². The van der Waals surface area contributed by atoms with Crippen molar-refractivity contribution in [2.75, 3.05) is 7.05 Å². The Kier molecular flexibility index (Phi) is 5.82. The fourth-order valence-electron chi connectivity index (χ4n) is 2.65. The van der Waals surface area contributed by atoms with Gasteiger partial charge in [-0.3, -0.25) is 4.79 Å². The first-order valence-electron chi connectivity index (χ1n) is 7.74. The third-order valence-corrected chi connectivity index (χ3v) is 5.36. The van der Waals surface area contributed by atoms with Crippen LogP contribution >= 0.6 is 22.9 Å². The number of hydrogen-bond acceptors (Lipinski definition) is 3. The van der Waals surface area contributed by atoms with E-state index in [-0.39, 0.29) is 5.91 Å². The van der Waals surface area contributed by atoms with Crippen LogP contribution in [0.1, 0.15) is 42.6 Å². The molecule has 3 nitrogen and oxygen atoms in total. The maximum atomic E-state index is 12.6. The topological polar surface area (TPSA) is 42.0 Å². The summed E-state index contributed by atoms with van der Waals surface area (Å²) in [5.74, 6) is 0.897. The second-order valence-corrected chi connectivity index (χ2v) is 7.40.